The summed E-state index contributed by atoms with van der Waals surface area (Å²) < 4.78 is 5.43. The molecule has 0 amide bonds. The van der Waals surface area contributed by atoms with Gasteiger partial charge in [-0.1, -0.05) is 6.92 Å². The zero-order valence-corrected chi connectivity index (χ0v) is 10.3. The maximum absolute atomic E-state index is 5.43. The Kier molecular flexibility index (Phi) is 4.02. The lowest BCUT2D eigenvalue weighted by Gasteiger charge is -2.28. The molecule has 1 N–H and O–H groups in total. The van der Waals surface area contributed by atoms with Crippen LogP contribution in [0.15, 0.2) is 22.8 Å². The molecule has 0 spiro atoms. The van der Waals surface area contributed by atoms with E-state index in [1.165, 1.54) is 12.8 Å². The van der Waals surface area contributed by atoms with Crippen LogP contribution in [-0.2, 0) is 6.54 Å². The molecule has 0 aromatic carbocycles. The van der Waals surface area contributed by atoms with Gasteiger partial charge in [0.15, 0.2) is 0 Å². The number of nitrogens with zero attached hydrogens (tertiary/aromatic N) is 1. The van der Waals surface area contributed by atoms with Crippen molar-refractivity contribution in [2.75, 3.05) is 13.1 Å². The first-order valence-electron chi connectivity index (χ1n) is 6.30. The molecular weight excluding hydrogens is 200 g/mol. The van der Waals surface area contributed by atoms with Crippen molar-refractivity contribution in [3.05, 3.63) is 24.2 Å². The van der Waals surface area contributed by atoms with Crippen molar-refractivity contribution >= 4 is 0 Å². The highest BCUT2D eigenvalue weighted by Gasteiger charge is 2.32. The fourth-order valence-electron chi connectivity index (χ4n) is 2.10. The Labute approximate surface area is 97.8 Å². The molecule has 1 atom stereocenters. The number of nitrogens with one attached hydrogen (secondary N) is 1. The highest BCUT2D eigenvalue weighted by Crippen LogP contribution is 2.30. The minimum atomic E-state index is 0.581. The molecule has 1 aliphatic carbocycles. The van der Waals surface area contributed by atoms with E-state index < -0.39 is 0 Å². The van der Waals surface area contributed by atoms with Crippen molar-refractivity contribution in [2.45, 2.75) is 45.3 Å². The summed E-state index contributed by atoms with van der Waals surface area (Å²) in [6.45, 7) is 7.51. The maximum atomic E-state index is 5.43. The van der Waals surface area contributed by atoms with Crippen molar-refractivity contribution < 1.29 is 4.42 Å². The highest BCUT2D eigenvalue weighted by atomic mass is 16.3. The number of hydrogen-bond acceptors (Lipinski definition) is 3. The minimum Gasteiger partial charge on any atom is -0.468 e. The first-order chi connectivity index (χ1) is 7.81. The van der Waals surface area contributed by atoms with Crippen LogP contribution in [0.5, 0.6) is 0 Å². The summed E-state index contributed by atoms with van der Waals surface area (Å²) in [5, 5.41) is 3.42. The van der Waals surface area contributed by atoms with Crippen LogP contribution in [0.4, 0.5) is 0 Å². The Morgan fingerprint density at radius 1 is 1.56 bits per heavy atom. The summed E-state index contributed by atoms with van der Waals surface area (Å²) in [5.41, 5.74) is 0. The second-order valence-corrected chi connectivity index (χ2v) is 4.64. The molecule has 3 nitrogen and oxygen atoms in total. The monoisotopic (exact) mass is 222 g/mol. The zero-order chi connectivity index (χ0) is 11.4. The van der Waals surface area contributed by atoms with Crippen LogP contribution in [0.3, 0.4) is 0 Å². The zero-order valence-electron chi connectivity index (χ0n) is 10.3. The van der Waals surface area contributed by atoms with Gasteiger partial charge in [-0.25, -0.2) is 0 Å². The molecule has 1 aromatic heterocycles. The van der Waals surface area contributed by atoms with Crippen molar-refractivity contribution in [3.63, 3.8) is 0 Å². The quantitative estimate of drug-likeness (QED) is 0.767. The molecule has 1 unspecified atom stereocenters. The van der Waals surface area contributed by atoms with Gasteiger partial charge in [0.1, 0.15) is 5.76 Å². The predicted octanol–water partition coefficient (Wildman–Crippen LogP) is 2.24. The Bertz CT molecular complexity index is 293. The summed E-state index contributed by atoms with van der Waals surface area (Å²) >= 11 is 0. The Morgan fingerprint density at radius 2 is 2.38 bits per heavy atom. The lowest BCUT2D eigenvalue weighted by Crippen LogP contribution is -2.41. The largest absolute Gasteiger partial charge is 0.468 e. The third-order valence-corrected chi connectivity index (χ3v) is 3.19. The van der Waals surface area contributed by atoms with Gasteiger partial charge in [0.25, 0.3) is 0 Å². The van der Waals surface area contributed by atoms with Gasteiger partial charge >= 0.3 is 0 Å². The molecule has 0 bridgehead atoms. The first-order valence-corrected chi connectivity index (χ1v) is 6.30. The Morgan fingerprint density at radius 3 is 2.94 bits per heavy atom. The van der Waals surface area contributed by atoms with Gasteiger partial charge in [0, 0.05) is 18.6 Å². The van der Waals surface area contributed by atoms with E-state index in [9.17, 15) is 0 Å². The first kappa shape index (κ1) is 11.7. The normalized spacial score (nSPS) is 17.9. The lowest BCUT2D eigenvalue weighted by molar-refractivity contribution is 0.172. The molecule has 0 saturated heterocycles. The van der Waals surface area contributed by atoms with E-state index in [4.69, 9.17) is 4.42 Å². The third kappa shape index (κ3) is 3.09. The maximum Gasteiger partial charge on any atom is 0.117 e. The molecule has 1 heterocycles. The van der Waals surface area contributed by atoms with Crippen LogP contribution in [-0.4, -0.2) is 30.1 Å². The molecule has 0 aliphatic heterocycles. The second-order valence-electron chi connectivity index (χ2n) is 4.64. The molecule has 16 heavy (non-hydrogen) atoms. The molecule has 1 saturated carbocycles. The minimum absolute atomic E-state index is 0.581. The van der Waals surface area contributed by atoms with Gasteiger partial charge < -0.3 is 9.73 Å². The van der Waals surface area contributed by atoms with Crippen LogP contribution in [0.2, 0.25) is 0 Å². The van der Waals surface area contributed by atoms with E-state index in [2.05, 4.69) is 30.1 Å². The van der Waals surface area contributed by atoms with Gasteiger partial charge in [-0.15, -0.1) is 0 Å². The lowest BCUT2D eigenvalue weighted by atomic mass is 10.2. The SMILES string of the molecule is CCNCC(C)N(Cc1ccco1)C1CC1. The van der Waals surface area contributed by atoms with E-state index in [0.717, 1.165) is 31.4 Å². The molecule has 1 fully saturated rings. The van der Waals surface area contributed by atoms with Gasteiger partial charge in [-0.3, -0.25) is 4.90 Å². The van der Waals surface area contributed by atoms with Crippen molar-refractivity contribution in [2.24, 2.45) is 0 Å². The van der Waals surface area contributed by atoms with Crippen molar-refractivity contribution in [1.29, 1.82) is 0 Å². The van der Waals surface area contributed by atoms with E-state index in [0.29, 0.717) is 6.04 Å². The molecule has 0 radical (unpaired) electrons. The predicted molar refractivity (Wildman–Crippen MR) is 65.3 cm³/mol. The Hall–Kier alpha value is -0.800. The molecule has 1 aromatic rings. The average molecular weight is 222 g/mol. The van der Waals surface area contributed by atoms with E-state index in [1.807, 2.05) is 6.07 Å². The van der Waals surface area contributed by atoms with Crippen molar-refractivity contribution in [1.82, 2.24) is 10.2 Å². The number of rotatable bonds is 7. The van der Waals surface area contributed by atoms with E-state index in [1.54, 1.807) is 6.26 Å². The fraction of sp³-hybridized carbons (Fsp3) is 0.692. The van der Waals surface area contributed by atoms with E-state index in [-0.39, 0.29) is 0 Å². The van der Waals surface area contributed by atoms with Crippen LogP contribution in [0.25, 0.3) is 0 Å². The third-order valence-electron chi connectivity index (χ3n) is 3.19. The van der Waals surface area contributed by atoms with Crippen molar-refractivity contribution in [3.8, 4) is 0 Å². The number of hydrogen-bond donors (Lipinski definition) is 1. The summed E-state index contributed by atoms with van der Waals surface area (Å²) in [6.07, 6.45) is 4.45. The molecular formula is C13H22N2O. The van der Waals surface area contributed by atoms with Gasteiger partial charge in [-0.05, 0) is 38.4 Å². The smallest absolute Gasteiger partial charge is 0.117 e. The second kappa shape index (κ2) is 5.51. The Balaban J connectivity index is 1.89. The van der Waals surface area contributed by atoms with Crippen LogP contribution in [0.1, 0.15) is 32.4 Å². The summed E-state index contributed by atoms with van der Waals surface area (Å²) in [7, 11) is 0. The molecule has 1 aliphatic rings. The van der Waals surface area contributed by atoms with Gasteiger partial charge in [0.2, 0.25) is 0 Å². The van der Waals surface area contributed by atoms with Crippen LogP contribution >= 0.6 is 0 Å². The summed E-state index contributed by atoms with van der Waals surface area (Å²) in [4.78, 5) is 2.56. The summed E-state index contributed by atoms with van der Waals surface area (Å²) in [5.74, 6) is 1.08. The molecule has 3 heteroatoms. The highest BCUT2D eigenvalue weighted by molar-refractivity contribution is 5.00. The average Bonchev–Trinajstić information content (AvgIpc) is 3.00. The fourth-order valence-corrected chi connectivity index (χ4v) is 2.10. The number of furan rings is 1. The van der Waals surface area contributed by atoms with E-state index >= 15 is 0 Å². The molecule has 90 valence electrons. The topological polar surface area (TPSA) is 28.4 Å². The molecule has 2 rings (SSSR count). The summed E-state index contributed by atoms with van der Waals surface area (Å²) in [6, 6.07) is 5.39. The number of likely N-dealkylation sites (N-methyl/N-ethyl adjacent to an activating group) is 1. The van der Waals surface area contributed by atoms with Crippen LogP contribution < -0.4 is 5.32 Å². The van der Waals surface area contributed by atoms with Gasteiger partial charge in [0.05, 0.1) is 12.8 Å². The standard InChI is InChI=1S/C13H22N2O/c1-3-14-9-11(2)15(12-6-7-12)10-13-5-4-8-16-13/h4-5,8,11-12,14H,3,6-7,9-10H2,1-2H3. The van der Waals surface area contributed by atoms with Gasteiger partial charge in [-0.2, -0.15) is 0 Å². The van der Waals surface area contributed by atoms with Crippen LogP contribution in [0, 0.1) is 0 Å².